The lowest BCUT2D eigenvalue weighted by Crippen LogP contribution is -2.21. The van der Waals surface area contributed by atoms with Crippen molar-refractivity contribution in [2.75, 3.05) is 7.11 Å². The van der Waals surface area contributed by atoms with Gasteiger partial charge in [-0.2, -0.15) is 0 Å². The molecule has 0 atom stereocenters. The van der Waals surface area contributed by atoms with Gasteiger partial charge in [0, 0.05) is 16.0 Å². The summed E-state index contributed by atoms with van der Waals surface area (Å²) in [6.07, 6.45) is 0. The molecule has 0 aliphatic heterocycles. The molecule has 17 heavy (non-hydrogen) atoms. The van der Waals surface area contributed by atoms with Crippen molar-refractivity contribution in [2.45, 2.75) is 0 Å². The van der Waals surface area contributed by atoms with Crippen LogP contribution < -0.4 is 0 Å². The Morgan fingerprint density at radius 2 is 1.76 bits per heavy atom. The van der Waals surface area contributed by atoms with E-state index in [0.29, 0.717) is 0 Å². The van der Waals surface area contributed by atoms with Crippen molar-refractivity contribution < 1.29 is 14.3 Å². The second-order valence-electron chi connectivity index (χ2n) is 3.28. The molecule has 0 heterocycles. The number of rotatable bonds is 2. The summed E-state index contributed by atoms with van der Waals surface area (Å²) in [5, 5.41) is 3.23. The van der Waals surface area contributed by atoms with Gasteiger partial charge in [0.05, 0.1) is 7.11 Å². The first-order valence-electron chi connectivity index (χ1n) is 4.72. The number of allylic oxidation sites excluding steroid dienone is 2. The second kappa shape index (κ2) is 4.11. The molecule has 1 aromatic carbocycles. The third-order valence-electron chi connectivity index (χ3n) is 2.40. The van der Waals surface area contributed by atoms with Gasteiger partial charge in [-0.1, -0.05) is 29.4 Å². The van der Waals surface area contributed by atoms with Crippen molar-refractivity contribution in [1.29, 1.82) is 0 Å². The number of carbonyl (C=O) groups excluding carboxylic acids is 2. The Balaban J connectivity index is 2.72. The van der Waals surface area contributed by atoms with Crippen LogP contribution in [-0.4, -0.2) is 18.7 Å². The standard InChI is InChI=1S/C11H7N3O3/c1-17-11-8(13-14-12)9(15)6-4-2-3-5-7(6)10(11)16/h2-5H,1H3. The van der Waals surface area contributed by atoms with Gasteiger partial charge in [-0.3, -0.25) is 9.59 Å². The number of benzene rings is 1. The van der Waals surface area contributed by atoms with E-state index in [0.717, 1.165) is 0 Å². The van der Waals surface area contributed by atoms with E-state index in [4.69, 9.17) is 10.3 Å². The van der Waals surface area contributed by atoms with Crippen molar-refractivity contribution in [1.82, 2.24) is 0 Å². The fourth-order valence-corrected chi connectivity index (χ4v) is 1.66. The zero-order valence-electron chi connectivity index (χ0n) is 8.88. The van der Waals surface area contributed by atoms with Crippen molar-refractivity contribution in [3.05, 3.63) is 57.3 Å². The quantitative estimate of drug-likeness (QED) is 0.442. The molecule has 0 N–H and O–H groups in total. The largest absolute Gasteiger partial charge is 0.492 e. The Labute approximate surface area is 96.1 Å². The van der Waals surface area contributed by atoms with Crippen LogP contribution in [0.4, 0.5) is 0 Å². The van der Waals surface area contributed by atoms with Gasteiger partial charge in [0.15, 0.2) is 11.5 Å². The molecular formula is C11H7N3O3. The first-order valence-corrected chi connectivity index (χ1v) is 4.72. The zero-order chi connectivity index (χ0) is 12.4. The molecule has 0 bridgehead atoms. The molecule has 1 aliphatic carbocycles. The van der Waals surface area contributed by atoms with Crippen molar-refractivity contribution in [3.8, 4) is 0 Å². The number of hydrogen-bond acceptors (Lipinski definition) is 4. The molecule has 0 amide bonds. The highest BCUT2D eigenvalue weighted by Gasteiger charge is 2.32. The van der Waals surface area contributed by atoms with Crippen molar-refractivity contribution in [3.63, 3.8) is 0 Å². The van der Waals surface area contributed by atoms with E-state index < -0.39 is 11.6 Å². The summed E-state index contributed by atoms with van der Waals surface area (Å²) >= 11 is 0. The van der Waals surface area contributed by atoms with Crippen LogP contribution in [0.25, 0.3) is 10.4 Å². The smallest absolute Gasteiger partial charge is 0.228 e. The summed E-state index contributed by atoms with van der Waals surface area (Å²) in [7, 11) is 1.25. The summed E-state index contributed by atoms with van der Waals surface area (Å²) in [5.41, 5.74) is 8.57. The van der Waals surface area contributed by atoms with Crippen LogP contribution in [0, 0.1) is 0 Å². The molecule has 0 spiro atoms. The molecule has 84 valence electrons. The van der Waals surface area contributed by atoms with Crippen molar-refractivity contribution in [2.24, 2.45) is 5.11 Å². The molecule has 0 aromatic heterocycles. The van der Waals surface area contributed by atoms with E-state index in [9.17, 15) is 9.59 Å². The lowest BCUT2D eigenvalue weighted by atomic mass is 9.91. The minimum Gasteiger partial charge on any atom is -0.492 e. The van der Waals surface area contributed by atoms with Crippen LogP contribution in [-0.2, 0) is 4.74 Å². The van der Waals surface area contributed by atoms with Crippen molar-refractivity contribution >= 4 is 11.6 Å². The molecule has 0 saturated carbocycles. The fraction of sp³-hybridized carbons (Fsp3) is 0.0909. The summed E-state index contributed by atoms with van der Waals surface area (Å²) in [5.74, 6) is -1.17. The maximum Gasteiger partial charge on any atom is 0.228 e. The minimum atomic E-state index is -0.505. The lowest BCUT2D eigenvalue weighted by molar-refractivity contribution is 0.0905. The summed E-state index contributed by atoms with van der Waals surface area (Å²) < 4.78 is 4.84. The number of fused-ring (bicyclic) bond motifs is 1. The summed E-state index contributed by atoms with van der Waals surface area (Å²) in [4.78, 5) is 26.5. The van der Waals surface area contributed by atoms with Gasteiger partial charge < -0.3 is 4.74 Å². The maximum atomic E-state index is 12.0. The van der Waals surface area contributed by atoms with Gasteiger partial charge in [-0.25, -0.2) is 0 Å². The molecule has 2 rings (SSSR count). The molecular weight excluding hydrogens is 222 g/mol. The lowest BCUT2D eigenvalue weighted by Gasteiger charge is -2.16. The Hall–Kier alpha value is -2.59. The Morgan fingerprint density at radius 1 is 1.18 bits per heavy atom. The van der Waals surface area contributed by atoms with Gasteiger partial charge in [0.1, 0.15) is 5.70 Å². The van der Waals surface area contributed by atoms with E-state index in [1.165, 1.54) is 19.2 Å². The van der Waals surface area contributed by atoms with Gasteiger partial charge in [0.25, 0.3) is 0 Å². The van der Waals surface area contributed by atoms with E-state index in [2.05, 4.69) is 10.0 Å². The summed E-state index contributed by atoms with van der Waals surface area (Å²) in [6.45, 7) is 0. The number of methoxy groups -OCH3 is 1. The number of nitrogens with zero attached hydrogens (tertiary/aromatic N) is 3. The van der Waals surface area contributed by atoms with Gasteiger partial charge in [-0.05, 0) is 5.53 Å². The van der Waals surface area contributed by atoms with Crippen LogP contribution in [0.5, 0.6) is 0 Å². The SMILES string of the molecule is COC1=C(N=[N+]=[N-])C(=O)c2ccccc2C1=O. The number of azide groups is 1. The Kier molecular flexibility index (Phi) is 2.64. The summed E-state index contributed by atoms with van der Waals surface area (Å²) in [6, 6.07) is 6.32. The predicted octanol–water partition coefficient (Wildman–Crippen LogP) is 2.23. The van der Waals surface area contributed by atoms with E-state index in [1.54, 1.807) is 12.1 Å². The number of hydrogen-bond donors (Lipinski definition) is 0. The minimum absolute atomic E-state index is 0.216. The van der Waals surface area contributed by atoms with Crippen LogP contribution in [0.2, 0.25) is 0 Å². The highest BCUT2D eigenvalue weighted by molar-refractivity contribution is 6.25. The Morgan fingerprint density at radius 3 is 2.29 bits per heavy atom. The van der Waals surface area contributed by atoms with Gasteiger partial charge in [0.2, 0.25) is 5.78 Å². The van der Waals surface area contributed by atoms with E-state index in [-0.39, 0.29) is 22.6 Å². The molecule has 0 unspecified atom stereocenters. The molecule has 0 radical (unpaired) electrons. The monoisotopic (exact) mass is 229 g/mol. The first kappa shape index (κ1) is 10.9. The normalized spacial score (nSPS) is 14.2. The molecule has 0 saturated heterocycles. The highest BCUT2D eigenvalue weighted by Crippen LogP contribution is 2.27. The molecule has 0 fully saturated rings. The average Bonchev–Trinajstić information content (AvgIpc) is 2.36. The molecule has 1 aliphatic rings. The second-order valence-corrected chi connectivity index (χ2v) is 3.28. The zero-order valence-corrected chi connectivity index (χ0v) is 8.88. The van der Waals surface area contributed by atoms with Gasteiger partial charge in [-0.15, -0.1) is 0 Å². The topological polar surface area (TPSA) is 92.1 Å². The average molecular weight is 229 g/mol. The molecule has 6 heteroatoms. The fourth-order valence-electron chi connectivity index (χ4n) is 1.66. The van der Waals surface area contributed by atoms with Gasteiger partial charge >= 0.3 is 0 Å². The first-order chi connectivity index (χ1) is 8.20. The van der Waals surface area contributed by atoms with Crippen LogP contribution in [0.1, 0.15) is 20.7 Å². The highest BCUT2D eigenvalue weighted by atomic mass is 16.5. The molecule has 6 nitrogen and oxygen atoms in total. The maximum absolute atomic E-state index is 12.0. The number of Topliss-reactive ketones (excluding diaryl/α,β-unsaturated/α-hetero) is 2. The van der Waals surface area contributed by atoms with Crippen LogP contribution >= 0.6 is 0 Å². The number of ether oxygens (including phenoxy) is 1. The third-order valence-corrected chi connectivity index (χ3v) is 2.40. The third kappa shape index (κ3) is 1.56. The van der Waals surface area contributed by atoms with Crippen LogP contribution in [0.3, 0.4) is 0 Å². The van der Waals surface area contributed by atoms with E-state index in [1.807, 2.05) is 0 Å². The Bertz CT molecular complexity index is 598. The molecule has 1 aromatic rings. The predicted molar refractivity (Wildman–Crippen MR) is 58.3 cm³/mol. The van der Waals surface area contributed by atoms with E-state index >= 15 is 0 Å². The number of ketones is 2. The number of carbonyl (C=O) groups is 2. The van der Waals surface area contributed by atoms with Crippen LogP contribution in [0.15, 0.2) is 40.8 Å².